The maximum atomic E-state index is 11.6. The molecule has 0 fully saturated rings. The van der Waals surface area contributed by atoms with Gasteiger partial charge in [-0.05, 0) is 0 Å². The van der Waals surface area contributed by atoms with E-state index in [9.17, 15) is 14.4 Å². The van der Waals surface area contributed by atoms with Crippen molar-refractivity contribution in [2.45, 2.75) is 32.6 Å². The van der Waals surface area contributed by atoms with Gasteiger partial charge in [0.1, 0.15) is 0 Å². The standard InChI is InChI=1S/3C6H9O2.ClH.Sn/c3*1-3-5-8-6(7)4-2;;/h3*3H,1-2,4-5H2;1H;/q;;;;+1/p-1. The van der Waals surface area contributed by atoms with Gasteiger partial charge in [0.25, 0.3) is 0 Å². The third kappa shape index (κ3) is 16.2. The van der Waals surface area contributed by atoms with E-state index in [1.54, 1.807) is 0 Å². The van der Waals surface area contributed by atoms with Crippen LogP contribution in [0.2, 0.25) is 13.3 Å². The first kappa shape index (κ1) is 26.9. The number of hydrogen-bond acceptors (Lipinski definition) is 6. The Hall–Kier alpha value is -1.28. The smallest absolute Gasteiger partial charge is 1.00 e. The monoisotopic (exact) mass is 494 g/mol. The van der Waals surface area contributed by atoms with E-state index in [-0.39, 0.29) is 50.1 Å². The fourth-order valence-electron chi connectivity index (χ4n) is 1.88. The predicted octanol–water partition coefficient (Wildman–Crippen LogP) is -0.157. The van der Waals surface area contributed by atoms with E-state index in [1.165, 1.54) is 18.2 Å². The molecule has 146 valence electrons. The number of hydrogen-bond donors (Lipinski definition) is 0. The van der Waals surface area contributed by atoms with E-state index >= 15 is 0 Å². The molecule has 0 N–H and O–H groups in total. The molecule has 0 aromatic carbocycles. The topological polar surface area (TPSA) is 78.9 Å². The zero-order valence-corrected chi connectivity index (χ0v) is 18.7. The summed E-state index contributed by atoms with van der Waals surface area (Å²) in [6.07, 6.45) is 5.48. The largest absolute Gasteiger partial charge is 1.00 e. The minimum Gasteiger partial charge on any atom is -1.00 e. The molecule has 0 amide bonds. The quantitative estimate of drug-likeness (QED) is 0.137. The van der Waals surface area contributed by atoms with Crippen LogP contribution in [0.1, 0.15) is 19.3 Å². The van der Waals surface area contributed by atoms with E-state index in [4.69, 9.17) is 14.2 Å². The van der Waals surface area contributed by atoms with Crippen molar-refractivity contribution in [1.29, 1.82) is 0 Å². The van der Waals surface area contributed by atoms with E-state index in [1.807, 2.05) is 0 Å². The van der Waals surface area contributed by atoms with Crippen molar-refractivity contribution < 1.29 is 41.0 Å². The first-order valence-corrected chi connectivity index (χ1v) is 14.2. The number of carbonyl (C=O) groups excluding carboxylic acids is 3. The molecular weight excluding hydrogens is 466 g/mol. The molecule has 0 atom stereocenters. The van der Waals surface area contributed by atoms with Gasteiger partial charge in [-0.15, -0.1) is 0 Å². The van der Waals surface area contributed by atoms with Crippen LogP contribution >= 0.6 is 0 Å². The minimum absolute atomic E-state index is 0. The average molecular weight is 494 g/mol. The van der Waals surface area contributed by atoms with Gasteiger partial charge >= 0.3 is 157 Å². The molecule has 0 saturated heterocycles. The van der Waals surface area contributed by atoms with Crippen LogP contribution in [-0.4, -0.2) is 57.5 Å². The van der Waals surface area contributed by atoms with Crippen LogP contribution in [0.3, 0.4) is 0 Å². The zero-order valence-electron chi connectivity index (χ0n) is 15.0. The minimum atomic E-state index is -2.11. The van der Waals surface area contributed by atoms with Crippen LogP contribution in [0.25, 0.3) is 0 Å². The Labute approximate surface area is 168 Å². The Morgan fingerprint density at radius 1 is 0.654 bits per heavy atom. The summed E-state index contributed by atoms with van der Waals surface area (Å²) in [6.45, 7) is 11.1. The molecule has 0 aliphatic heterocycles. The number of halogens is 1. The van der Waals surface area contributed by atoms with Crippen molar-refractivity contribution in [2.75, 3.05) is 19.8 Å². The maximum absolute atomic E-state index is 11.6. The summed E-state index contributed by atoms with van der Waals surface area (Å²) >= 11 is -2.11. The third-order valence-electron chi connectivity index (χ3n) is 3.13. The first-order chi connectivity index (χ1) is 12.0. The Morgan fingerprint density at radius 3 is 1.15 bits per heavy atom. The van der Waals surface area contributed by atoms with Crippen molar-refractivity contribution in [3.8, 4) is 0 Å². The molecule has 0 heterocycles. The van der Waals surface area contributed by atoms with E-state index in [0.717, 1.165) is 13.3 Å². The molecule has 0 aliphatic carbocycles. The van der Waals surface area contributed by atoms with Crippen LogP contribution in [0.4, 0.5) is 0 Å². The molecule has 26 heavy (non-hydrogen) atoms. The number of carbonyl (C=O) groups is 3. The van der Waals surface area contributed by atoms with E-state index in [2.05, 4.69) is 19.7 Å². The van der Waals surface area contributed by atoms with Crippen molar-refractivity contribution in [1.82, 2.24) is 0 Å². The van der Waals surface area contributed by atoms with Crippen LogP contribution < -0.4 is 12.4 Å². The molecule has 0 unspecified atom stereocenters. The number of rotatable bonds is 15. The molecule has 0 bridgehead atoms. The van der Waals surface area contributed by atoms with Crippen molar-refractivity contribution >= 4 is 37.7 Å². The van der Waals surface area contributed by atoms with Gasteiger partial charge in [0.15, 0.2) is 0 Å². The van der Waals surface area contributed by atoms with Gasteiger partial charge in [-0.2, -0.15) is 0 Å². The second-order valence-corrected chi connectivity index (χ2v) is 13.7. The molecule has 0 aromatic rings. The third-order valence-corrected chi connectivity index (χ3v) is 11.3. The fraction of sp³-hybridized carbons (Fsp3) is 0.500. The molecule has 0 rings (SSSR count). The molecular formula is C18H27ClO6Sn. The van der Waals surface area contributed by atoms with Crippen molar-refractivity contribution in [3.63, 3.8) is 0 Å². The van der Waals surface area contributed by atoms with Gasteiger partial charge in [-0.1, -0.05) is 0 Å². The van der Waals surface area contributed by atoms with Crippen LogP contribution in [-0.2, 0) is 28.6 Å². The summed E-state index contributed by atoms with van der Waals surface area (Å²) < 4.78 is 17.1. The summed E-state index contributed by atoms with van der Waals surface area (Å²) in [6, 6.07) is 0. The summed E-state index contributed by atoms with van der Waals surface area (Å²) in [7, 11) is 0. The number of ether oxygens (including phenoxy) is 3. The molecule has 0 aliphatic rings. The van der Waals surface area contributed by atoms with E-state index < -0.39 is 19.8 Å². The van der Waals surface area contributed by atoms with E-state index in [0.29, 0.717) is 19.3 Å². The molecule has 6 nitrogen and oxygen atoms in total. The van der Waals surface area contributed by atoms with Gasteiger partial charge in [0.2, 0.25) is 0 Å². The van der Waals surface area contributed by atoms with Crippen molar-refractivity contribution in [2.24, 2.45) is 0 Å². The molecule has 0 spiro atoms. The Balaban J connectivity index is 0. The second kappa shape index (κ2) is 18.5. The first-order valence-electron chi connectivity index (χ1n) is 8.16. The van der Waals surface area contributed by atoms with Crippen LogP contribution in [0, 0.1) is 0 Å². The van der Waals surface area contributed by atoms with Gasteiger partial charge in [0.05, 0.1) is 0 Å². The Bertz CT molecular complexity index is 400. The second-order valence-electron chi connectivity index (χ2n) is 5.17. The fourth-order valence-corrected chi connectivity index (χ4v) is 8.80. The van der Waals surface area contributed by atoms with Crippen LogP contribution in [0.15, 0.2) is 38.0 Å². The SMILES string of the molecule is C=CCOC(=O)C[CH2][Sn+]([CH2]CC(=O)OCC=C)[CH2]CC(=O)OCC=C.[Cl-]. The summed E-state index contributed by atoms with van der Waals surface area (Å²) in [5, 5.41) is 0. The molecule has 0 saturated carbocycles. The summed E-state index contributed by atoms with van der Waals surface area (Å²) in [4.78, 5) is 34.9. The van der Waals surface area contributed by atoms with Crippen LogP contribution in [0.5, 0.6) is 0 Å². The number of esters is 3. The van der Waals surface area contributed by atoms with Gasteiger partial charge in [0, 0.05) is 0 Å². The zero-order chi connectivity index (χ0) is 18.9. The summed E-state index contributed by atoms with van der Waals surface area (Å²) in [5.74, 6) is -0.829. The molecule has 8 heteroatoms. The van der Waals surface area contributed by atoms with Gasteiger partial charge < -0.3 is 12.4 Å². The predicted molar refractivity (Wildman–Crippen MR) is 97.5 cm³/mol. The van der Waals surface area contributed by atoms with Crippen molar-refractivity contribution in [3.05, 3.63) is 38.0 Å². The normalized spacial score (nSPS) is 9.23. The Morgan fingerprint density at radius 2 is 0.923 bits per heavy atom. The molecule has 0 radical (unpaired) electrons. The van der Waals surface area contributed by atoms with Gasteiger partial charge in [-0.25, -0.2) is 0 Å². The molecule has 0 aromatic heterocycles. The van der Waals surface area contributed by atoms with Gasteiger partial charge in [-0.3, -0.25) is 0 Å². The Kier molecular flexibility index (Phi) is 19.2. The maximum Gasteiger partial charge on any atom is -1.00 e. The average Bonchev–Trinajstić information content (AvgIpc) is 2.61. The summed E-state index contributed by atoms with van der Waals surface area (Å²) in [5.41, 5.74) is 0.